The Morgan fingerprint density at radius 3 is 2.24 bits per heavy atom. The van der Waals surface area contributed by atoms with E-state index >= 15 is 0 Å². The molecule has 2 rings (SSSR count). The van der Waals surface area contributed by atoms with Crippen LogP contribution in [-0.2, 0) is 16.0 Å². The van der Waals surface area contributed by atoms with Gasteiger partial charge in [0.05, 0.1) is 0 Å². The molecule has 0 aliphatic heterocycles. The van der Waals surface area contributed by atoms with E-state index in [0.717, 1.165) is 5.56 Å². The predicted molar refractivity (Wildman–Crippen MR) is 102 cm³/mol. The maximum Gasteiger partial charge on any atom is 0.239 e. The quantitative estimate of drug-likeness (QED) is 0.735. The molecule has 4 nitrogen and oxygen atoms in total. The van der Waals surface area contributed by atoms with Gasteiger partial charge in [0, 0.05) is 22.3 Å². The molecule has 0 spiro atoms. The van der Waals surface area contributed by atoms with Crippen molar-refractivity contribution in [3.63, 3.8) is 0 Å². The third kappa shape index (κ3) is 5.48. The monoisotopic (exact) mass is 378 g/mol. The van der Waals surface area contributed by atoms with E-state index in [1.807, 2.05) is 18.2 Å². The Labute approximate surface area is 157 Å². The molecule has 0 aliphatic rings. The molecule has 2 aromatic carbocycles. The summed E-state index contributed by atoms with van der Waals surface area (Å²) in [5.41, 5.74) is 0.364. The predicted octanol–water partition coefficient (Wildman–Crippen LogP) is 4.32. The van der Waals surface area contributed by atoms with Gasteiger partial charge in [-0.2, -0.15) is 0 Å². The van der Waals surface area contributed by atoms with Crippen molar-refractivity contribution in [1.82, 2.24) is 5.32 Å². The highest BCUT2D eigenvalue weighted by molar-refractivity contribution is 6.31. The highest BCUT2D eigenvalue weighted by Gasteiger charge is 2.35. The van der Waals surface area contributed by atoms with Crippen LogP contribution in [-0.4, -0.2) is 18.4 Å². The summed E-state index contributed by atoms with van der Waals surface area (Å²) < 4.78 is 0. The average Bonchev–Trinajstić information content (AvgIpc) is 2.54. The van der Waals surface area contributed by atoms with Crippen LogP contribution in [0.5, 0.6) is 0 Å². The Hall–Kier alpha value is -2.04. The second-order valence-electron chi connectivity index (χ2n) is 6.23. The lowest BCUT2D eigenvalue weighted by molar-refractivity contribution is -0.138. The molecule has 2 amide bonds. The fraction of sp³-hybridized carbons (Fsp3) is 0.263. The van der Waals surface area contributed by atoms with Crippen LogP contribution in [0.1, 0.15) is 19.4 Å². The largest absolute Gasteiger partial charge is 0.355 e. The van der Waals surface area contributed by atoms with E-state index in [0.29, 0.717) is 28.7 Å². The van der Waals surface area contributed by atoms with E-state index in [1.165, 1.54) is 0 Å². The van der Waals surface area contributed by atoms with Crippen LogP contribution in [0.2, 0.25) is 10.0 Å². The van der Waals surface area contributed by atoms with Crippen molar-refractivity contribution in [2.45, 2.75) is 20.3 Å². The highest BCUT2D eigenvalue weighted by Crippen LogP contribution is 2.21. The Morgan fingerprint density at radius 1 is 0.960 bits per heavy atom. The first-order valence-electron chi connectivity index (χ1n) is 7.89. The van der Waals surface area contributed by atoms with Gasteiger partial charge in [-0.1, -0.05) is 41.4 Å². The molecule has 2 N–H and O–H groups in total. The molecule has 0 aromatic heterocycles. The molecule has 0 saturated carbocycles. The molecule has 0 radical (unpaired) electrons. The summed E-state index contributed by atoms with van der Waals surface area (Å²) in [6, 6.07) is 14.2. The van der Waals surface area contributed by atoms with Crippen molar-refractivity contribution in [3.8, 4) is 0 Å². The maximum absolute atomic E-state index is 12.4. The Morgan fingerprint density at radius 2 is 1.60 bits per heavy atom. The van der Waals surface area contributed by atoms with Gasteiger partial charge in [-0.15, -0.1) is 0 Å². The van der Waals surface area contributed by atoms with Crippen LogP contribution in [0.15, 0.2) is 48.5 Å². The Bertz CT molecular complexity index is 776. The van der Waals surface area contributed by atoms with Crippen molar-refractivity contribution in [3.05, 3.63) is 64.1 Å². The summed E-state index contributed by atoms with van der Waals surface area (Å²) >= 11 is 11.8. The minimum absolute atomic E-state index is 0.339. The molecule has 0 aliphatic carbocycles. The van der Waals surface area contributed by atoms with Crippen LogP contribution in [0, 0.1) is 5.41 Å². The first-order valence-corrected chi connectivity index (χ1v) is 8.64. The summed E-state index contributed by atoms with van der Waals surface area (Å²) in [5.74, 6) is -0.732. The number of hydrogen-bond donors (Lipinski definition) is 2. The lowest BCUT2D eigenvalue weighted by atomic mass is 9.91. The lowest BCUT2D eigenvalue weighted by Gasteiger charge is -2.22. The number of nitrogens with one attached hydrogen (secondary N) is 2. The van der Waals surface area contributed by atoms with E-state index in [-0.39, 0.29) is 5.91 Å². The van der Waals surface area contributed by atoms with Gasteiger partial charge in [0.15, 0.2) is 0 Å². The third-order valence-corrected chi connectivity index (χ3v) is 4.28. The van der Waals surface area contributed by atoms with E-state index < -0.39 is 11.3 Å². The molecule has 0 fully saturated rings. The minimum atomic E-state index is -1.21. The molecule has 2 aromatic rings. The molecule has 132 valence electrons. The number of carbonyl (C=O) groups is 2. The summed E-state index contributed by atoms with van der Waals surface area (Å²) in [6.07, 6.45) is 0.637. The zero-order valence-electron chi connectivity index (χ0n) is 14.1. The van der Waals surface area contributed by atoms with E-state index in [2.05, 4.69) is 10.6 Å². The molecular formula is C19H20Cl2N2O2. The van der Waals surface area contributed by atoms with Crippen LogP contribution >= 0.6 is 23.2 Å². The van der Waals surface area contributed by atoms with Crippen LogP contribution in [0.25, 0.3) is 0 Å². The van der Waals surface area contributed by atoms with Crippen LogP contribution in [0.4, 0.5) is 5.69 Å². The van der Waals surface area contributed by atoms with Crippen molar-refractivity contribution in [2.24, 2.45) is 5.41 Å². The number of hydrogen-bond acceptors (Lipinski definition) is 2. The SMILES string of the molecule is CC(C)(C(=O)NCCc1cccc(Cl)c1)C(=O)Nc1cccc(Cl)c1. The number of rotatable bonds is 6. The van der Waals surface area contributed by atoms with Crippen molar-refractivity contribution in [2.75, 3.05) is 11.9 Å². The molecule has 0 saturated heterocycles. The number of carbonyl (C=O) groups excluding carboxylic acids is 2. The molecule has 0 heterocycles. The molecular weight excluding hydrogens is 359 g/mol. The lowest BCUT2D eigenvalue weighted by Crippen LogP contribution is -2.45. The normalized spacial score (nSPS) is 11.0. The smallest absolute Gasteiger partial charge is 0.239 e. The van der Waals surface area contributed by atoms with Crippen LogP contribution in [0.3, 0.4) is 0 Å². The summed E-state index contributed by atoms with van der Waals surface area (Å²) in [7, 11) is 0. The van der Waals surface area contributed by atoms with Gasteiger partial charge in [-0.05, 0) is 56.2 Å². The van der Waals surface area contributed by atoms with Crippen molar-refractivity contribution >= 4 is 40.7 Å². The minimum Gasteiger partial charge on any atom is -0.355 e. The molecule has 0 bridgehead atoms. The maximum atomic E-state index is 12.4. The van der Waals surface area contributed by atoms with Crippen molar-refractivity contribution < 1.29 is 9.59 Å². The fourth-order valence-corrected chi connectivity index (χ4v) is 2.59. The zero-order valence-corrected chi connectivity index (χ0v) is 15.6. The summed E-state index contributed by atoms with van der Waals surface area (Å²) in [6.45, 7) is 3.59. The molecule has 6 heteroatoms. The highest BCUT2D eigenvalue weighted by atomic mass is 35.5. The first-order chi connectivity index (χ1) is 11.8. The van der Waals surface area contributed by atoms with Gasteiger partial charge in [-0.25, -0.2) is 0 Å². The topological polar surface area (TPSA) is 58.2 Å². The standard InChI is InChI=1S/C19H20Cl2N2O2/c1-19(2,18(25)23-16-8-4-7-15(21)12-16)17(24)22-10-9-13-5-3-6-14(20)11-13/h3-8,11-12H,9-10H2,1-2H3,(H,22,24)(H,23,25). The average molecular weight is 379 g/mol. The number of amides is 2. The van der Waals surface area contributed by atoms with Gasteiger partial charge in [0.1, 0.15) is 5.41 Å². The second kappa shape index (κ2) is 8.37. The van der Waals surface area contributed by atoms with E-state index in [4.69, 9.17) is 23.2 Å². The van der Waals surface area contributed by atoms with Gasteiger partial charge in [0.2, 0.25) is 11.8 Å². The fourth-order valence-electron chi connectivity index (χ4n) is 2.19. The van der Waals surface area contributed by atoms with E-state index in [1.54, 1.807) is 44.2 Å². The van der Waals surface area contributed by atoms with Gasteiger partial charge < -0.3 is 10.6 Å². The number of anilines is 1. The van der Waals surface area contributed by atoms with Gasteiger partial charge in [-0.3, -0.25) is 9.59 Å². The molecule has 25 heavy (non-hydrogen) atoms. The number of halogens is 2. The summed E-state index contributed by atoms with van der Waals surface area (Å²) in [5, 5.41) is 6.69. The molecule has 0 unspecified atom stereocenters. The second-order valence-corrected chi connectivity index (χ2v) is 7.10. The van der Waals surface area contributed by atoms with Gasteiger partial charge in [0.25, 0.3) is 0 Å². The summed E-state index contributed by atoms with van der Waals surface area (Å²) in [4.78, 5) is 24.8. The number of benzene rings is 2. The third-order valence-electron chi connectivity index (χ3n) is 3.81. The zero-order chi connectivity index (χ0) is 18.4. The first kappa shape index (κ1) is 19.3. The van der Waals surface area contributed by atoms with Gasteiger partial charge >= 0.3 is 0 Å². The molecule has 0 atom stereocenters. The Balaban J connectivity index is 1.91. The van der Waals surface area contributed by atoms with E-state index in [9.17, 15) is 9.59 Å². The Kier molecular flexibility index (Phi) is 6.45. The van der Waals surface area contributed by atoms with Crippen molar-refractivity contribution in [1.29, 1.82) is 0 Å². The van der Waals surface area contributed by atoms with Crippen LogP contribution < -0.4 is 10.6 Å².